The molecule has 1 amide bonds. The minimum atomic E-state index is -0.180. The fourth-order valence-corrected chi connectivity index (χ4v) is 4.58. The van der Waals surface area contributed by atoms with Crippen molar-refractivity contribution in [2.24, 2.45) is 0 Å². The summed E-state index contributed by atoms with van der Waals surface area (Å²) in [6.07, 6.45) is 0. The summed E-state index contributed by atoms with van der Waals surface area (Å²) in [5.41, 5.74) is 1.50. The van der Waals surface area contributed by atoms with Crippen LogP contribution in [0.3, 0.4) is 0 Å². The third kappa shape index (κ3) is 4.64. The third-order valence-corrected chi connectivity index (χ3v) is 6.47. The number of rotatable bonds is 8. The molecule has 11 heteroatoms. The molecule has 0 fully saturated rings. The van der Waals surface area contributed by atoms with Crippen molar-refractivity contribution in [3.63, 3.8) is 0 Å². The Morgan fingerprint density at radius 1 is 1.20 bits per heavy atom. The van der Waals surface area contributed by atoms with Crippen molar-refractivity contribution in [3.8, 4) is 33.5 Å². The SMILES string of the molecule is COc1ccc(OC)c(-c2csc(NC(=O)CSc3n[nH]c(-c4cccs4)n3)n2)c1. The topological polar surface area (TPSA) is 102 Å². The van der Waals surface area contributed by atoms with E-state index in [0.717, 1.165) is 10.4 Å². The number of aromatic amines is 1. The van der Waals surface area contributed by atoms with Crippen LogP contribution in [0, 0.1) is 0 Å². The number of nitrogens with zero attached hydrogens (tertiary/aromatic N) is 3. The monoisotopic (exact) mass is 459 g/mol. The predicted octanol–water partition coefficient (Wildman–Crippen LogP) is 4.40. The van der Waals surface area contributed by atoms with E-state index in [2.05, 4.69) is 25.5 Å². The summed E-state index contributed by atoms with van der Waals surface area (Å²) in [5, 5.41) is 14.7. The van der Waals surface area contributed by atoms with Crippen molar-refractivity contribution in [1.29, 1.82) is 0 Å². The minimum absolute atomic E-state index is 0.180. The molecule has 1 aromatic carbocycles. The first-order valence-corrected chi connectivity index (χ1v) is 11.5. The average Bonchev–Trinajstić information content (AvgIpc) is 3.53. The van der Waals surface area contributed by atoms with Crippen LogP contribution in [0.15, 0.2) is 46.2 Å². The number of aromatic nitrogens is 4. The second-order valence-corrected chi connectivity index (χ2v) is 8.63. The number of amides is 1. The Kier molecular flexibility index (Phi) is 6.31. The van der Waals surface area contributed by atoms with Gasteiger partial charge in [-0.2, -0.15) is 0 Å². The number of anilines is 1. The molecule has 4 rings (SSSR count). The van der Waals surface area contributed by atoms with Crippen molar-refractivity contribution in [2.75, 3.05) is 25.3 Å². The molecule has 0 radical (unpaired) electrons. The van der Waals surface area contributed by atoms with Gasteiger partial charge in [0, 0.05) is 10.9 Å². The number of thiophene rings is 1. The number of ether oxygens (including phenoxy) is 2. The summed E-state index contributed by atoms with van der Waals surface area (Å²) >= 11 is 4.18. The van der Waals surface area contributed by atoms with E-state index in [4.69, 9.17) is 9.47 Å². The molecule has 0 spiro atoms. The van der Waals surface area contributed by atoms with Crippen LogP contribution in [0.1, 0.15) is 0 Å². The van der Waals surface area contributed by atoms with Gasteiger partial charge in [0.05, 0.1) is 30.5 Å². The van der Waals surface area contributed by atoms with Gasteiger partial charge in [-0.25, -0.2) is 9.97 Å². The maximum Gasteiger partial charge on any atom is 0.236 e. The lowest BCUT2D eigenvalue weighted by Crippen LogP contribution is -2.13. The molecule has 0 aliphatic rings. The highest BCUT2D eigenvalue weighted by Crippen LogP contribution is 2.35. The molecule has 0 unspecified atom stereocenters. The zero-order valence-electron chi connectivity index (χ0n) is 16.0. The van der Waals surface area contributed by atoms with Crippen LogP contribution >= 0.6 is 34.4 Å². The molecular weight excluding hydrogens is 442 g/mol. The van der Waals surface area contributed by atoms with Crippen LogP contribution in [-0.4, -0.2) is 46.0 Å². The fourth-order valence-electron chi connectivity index (χ4n) is 2.59. The molecule has 30 heavy (non-hydrogen) atoms. The van der Waals surface area contributed by atoms with Gasteiger partial charge in [-0.3, -0.25) is 9.89 Å². The van der Waals surface area contributed by atoms with E-state index in [1.807, 2.05) is 41.1 Å². The number of H-pyrrole nitrogens is 1. The molecule has 3 aromatic heterocycles. The summed E-state index contributed by atoms with van der Waals surface area (Å²) in [5.74, 6) is 2.08. The van der Waals surface area contributed by atoms with Crippen molar-refractivity contribution in [3.05, 3.63) is 41.1 Å². The Hall–Kier alpha value is -2.89. The van der Waals surface area contributed by atoms with Crippen LogP contribution in [0.25, 0.3) is 22.0 Å². The van der Waals surface area contributed by atoms with E-state index in [9.17, 15) is 4.79 Å². The Labute approximate surface area is 184 Å². The molecule has 0 aliphatic carbocycles. The predicted molar refractivity (Wildman–Crippen MR) is 120 cm³/mol. The van der Waals surface area contributed by atoms with E-state index in [-0.39, 0.29) is 11.7 Å². The maximum atomic E-state index is 12.3. The number of nitrogens with one attached hydrogen (secondary N) is 2. The highest BCUT2D eigenvalue weighted by molar-refractivity contribution is 7.99. The third-order valence-electron chi connectivity index (χ3n) is 3.98. The van der Waals surface area contributed by atoms with E-state index >= 15 is 0 Å². The Bertz CT molecular complexity index is 1140. The van der Waals surface area contributed by atoms with E-state index in [1.54, 1.807) is 25.6 Å². The fraction of sp³-hybridized carbons (Fsp3) is 0.158. The minimum Gasteiger partial charge on any atom is -0.497 e. The van der Waals surface area contributed by atoms with E-state index in [1.165, 1.54) is 23.1 Å². The Morgan fingerprint density at radius 2 is 2.10 bits per heavy atom. The maximum absolute atomic E-state index is 12.3. The molecule has 8 nitrogen and oxygen atoms in total. The lowest BCUT2D eigenvalue weighted by Gasteiger charge is -2.08. The zero-order chi connectivity index (χ0) is 20.9. The Balaban J connectivity index is 1.38. The number of thiazole rings is 1. The van der Waals surface area contributed by atoms with Gasteiger partial charge in [0.15, 0.2) is 11.0 Å². The zero-order valence-corrected chi connectivity index (χ0v) is 18.5. The standard InChI is InChI=1S/C19H17N5O3S3/c1-26-11-5-6-14(27-2)12(8-11)13-9-29-18(20-13)21-16(25)10-30-19-22-17(23-24-19)15-4-3-7-28-15/h3-9H,10H2,1-2H3,(H,20,21,25)(H,22,23,24). The molecule has 0 aliphatic heterocycles. The molecular formula is C19H17N5O3S3. The number of benzene rings is 1. The Morgan fingerprint density at radius 3 is 2.87 bits per heavy atom. The molecule has 0 atom stereocenters. The molecule has 3 heterocycles. The number of carbonyl (C=O) groups is 1. The largest absolute Gasteiger partial charge is 0.497 e. The summed E-state index contributed by atoms with van der Waals surface area (Å²) < 4.78 is 10.7. The van der Waals surface area contributed by atoms with Crippen molar-refractivity contribution < 1.29 is 14.3 Å². The van der Waals surface area contributed by atoms with Crippen molar-refractivity contribution in [2.45, 2.75) is 5.16 Å². The van der Waals surface area contributed by atoms with E-state index < -0.39 is 0 Å². The van der Waals surface area contributed by atoms with Gasteiger partial charge in [0.1, 0.15) is 11.5 Å². The highest BCUT2D eigenvalue weighted by Gasteiger charge is 2.14. The number of thioether (sulfide) groups is 1. The normalized spacial score (nSPS) is 10.7. The lowest BCUT2D eigenvalue weighted by molar-refractivity contribution is -0.113. The number of methoxy groups -OCH3 is 2. The van der Waals surface area contributed by atoms with Crippen molar-refractivity contribution >= 4 is 45.5 Å². The molecule has 4 aromatic rings. The quantitative estimate of drug-likeness (QED) is 0.376. The van der Waals surface area contributed by atoms with Crippen LogP contribution in [-0.2, 0) is 4.79 Å². The van der Waals surface area contributed by atoms with Crippen LogP contribution < -0.4 is 14.8 Å². The second-order valence-electron chi connectivity index (χ2n) is 5.88. The van der Waals surface area contributed by atoms with Crippen molar-refractivity contribution in [1.82, 2.24) is 20.2 Å². The van der Waals surface area contributed by atoms with Gasteiger partial charge >= 0.3 is 0 Å². The van der Waals surface area contributed by atoms with E-state index in [0.29, 0.717) is 33.3 Å². The van der Waals surface area contributed by atoms with Gasteiger partial charge in [-0.1, -0.05) is 17.8 Å². The first kappa shape index (κ1) is 20.4. The average molecular weight is 460 g/mol. The first-order valence-electron chi connectivity index (χ1n) is 8.73. The summed E-state index contributed by atoms with van der Waals surface area (Å²) in [6, 6.07) is 9.41. The van der Waals surface area contributed by atoms with Gasteiger partial charge in [0.25, 0.3) is 0 Å². The molecule has 2 N–H and O–H groups in total. The summed E-state index contributed by atoms with van der Waals surface area (Å²) in [6.45, 7) is 0. The summed E-state index contributed by atoms with van der Waals surface area (Å²) in [7, 11) is 3.21. The number of hydrogen-bond donors (Lipinski definition) is 2. The van der Waals surface area contributed by atoms with Crippen LogP contribution in [0.5, 0.6) is 11.5 Å². The van der Waals surface area contributed by atoms with Crippen LogP contribution in [0.2, 0.25) is 0 Å². The lowest BCUT2D eigenvalue weighted by atomic mass is 10.1. The van der Waals surface area contributed by atoms with Gasteiger partial charge < -0.3 is 14.8 Å². The first-order chi connectivity index (χ1) is 14.7. The second kappa shape index (κ2) is 9.28. The highest BCUT2D eigenvalue weighted by atomic mass is 32.2. The summed E-state index contributed by atoms with van der Waals surface area (Å²) in [4.78, 5) is 22.2. The number of carbonyl (C=O) groups excluding carboxylic acids is 1. The number of hydrogen-bond acceptors (Lipinski definition) is 9. The van der Waals surface area contributed by atoms with Gasteiger partial charge in [-0.05, 0) is 29.6 Å². The molecule has 0 bridgehead atoms. The van der Waals surface area contributed by atoms with Crippen LogP contribution in [0.4, 0.5) is 5.13 Å². The van der Waals surface area contributed by atoms with Gasteiger partial charge in [-0.15, -0.1) is 27.8 Å². The molecule has 0 saturated heterocycles. The van der Waals surface area contributed by atoms with Gasteiger partial charge in [0.2, 0.25) is 11.1 Å². The smallest absolute Gasteiger partial charge is 0.236 e. The molecule has 154 valence electrons. The molecule has 0 saturated carbocycles.